The topological polar surface area (TPSA) is 88.2 Å². The first-order valence-electron chi connectivity index (χ1n) is 10.5. The Balaban J connectivity index is 1.29. The second kappa shape index (κ2) is 8.70. The van der Waals surface area contributed by atoms with Crippen LogP contribution in [0.3, 0.4) is 0 Å². The van der Waals surface area contributed by atoms with Gasteiger partial charge in [-0.1, -0.05) is 41.9 Å². The van der Waals surface area contributed by atoms with Crippen molar-refractivity contribution < 1.29 is 17.6 Å². The van der Waals surface area contributed by atoms with Crippen molar-refractivity contribution >= 4 is 49.8 Å². The van der Waals surface area contributed by atoms with E-state index < -0.39 is 21.8 Å². The van der Waals surface area contributed by atoms with E-state index in [0.717, 1.165) is 16.8 Å². The van der Waals surface area contributed by atoms with Gasteiger partial charge in [0.1, 0.15) is 11.6 Å². The summed E-state index contributed by atoms with van der Waals surface area (Å²) in [4.78, 5) is 16.4. The predicted octanol–water partition coefficient (Wildman–Crippen LogP) is 5.57. The van der Waals surface area contributed by atoms with Gasteiger partial charge in [-0.25, -0.2) is 17.8 Å². The molecule has 1 aliphatic rings. The minimum absolute atomic E-state index is 0.140. The van der Waals surface area contributed by atoms with E-state index in [1.54, 1.807) is 24.3 Å². The van der Waals surface area contributed by atoms with Crippen molar-refractivity contribution in [3.8, 4) is 0 Å². The van der Waals surface area contributed by atoms with E-state index in [4.69, 9.17) is 11.6 Å². The van der Waals surface area contributed by atoms with E-state index in [1.807, 2.05) is 24.3 Å². The lowest BCUT2D eigenvalue weighted by Crippen LogP contribution is -2.15. The number of hydrogen-bond donors (Lipinski definition) is 2. The molecule has 1 saturated carbocycles. The number of fused-ring (bicyclic) bond motifs is 1. The number of halogens is 2. The lowest BCUT2D eigenvalue weighted by atomic mass is 10.1. The molecule has 0 aliphatic heterocycles. The smallest absolute Gasteiger partial charge is 0.263 e. The SMILES string of the molecule is O=C(Nc1ccc2cccc(Cl)c2c1)[C@@H]1C[C@H]1c1ccc(S(=O)(=O)Nc2ccccn2)cc1F. The van der Waals surface area contributed by atoms with Gasteiger partial charge in [0.2, 0.25) is 5.91 Å². The molecule has 1 heterocycles. The minimum atomic E-state index is -3.99. The second-order valence-corrected chi connectivity index (χ2v) is 10.2. The van der Waals surface area contributed by atoms with Crippen LogP contribution in [0.25, 0.3) is 10.8 Å². The number of carbonyl (C=O) groups is 1. The number of amides is 1. The number of hydrogen-bond acceptors (Lipinski definition) is 4. The average Bonchev–Trinajstić information content (AvgIpc) is 3.61. The van der Waals surface area contributed by atoms with Gasteiger partial charge in [0.15, 0.2) is 0 Å². The molecule has 1 fully saturated rings. The molecule has 1 aliphatic carbocycles. The molecule has 0 unspecified atom stereocenters. The molecule has 3 aromatic carbocycles. The summed E-state index contributed by atoms with van der Waals surface area (Å²) in [6.45, 7) is 0. The van der Waals surface area contributed by atoms with Crippen molar-refractivity contribution in [1.29, 1.82) is 0 Å². The van der Waals surface area contributed by atoms with E-state index in [-0.39, 0.29) is 22.5 Å². The Bertz CT molecular complexity index is 1510. The zero-order valence-electron chi connectivity index (χ0n) is 17.7. The Kier molecular flexibility index (Phi) is 5.71. The van der Waals surface area contributed by atoms with Crippen LogP contribution in [0.15, 0.2) is 83.9 Å². The fourth-order valence-electron chi connectivity index (χ4n) is 3.97. The molecule has 34 heavy (non-hydrogen) atoms. The number of aromatic nitrogens is 1. The quantitative estimate of drug-likeness (QED) is 0.366. The third-order valence-electron chi connectivity index (χ3n) is 5.81. The molecule has 0 bridgehead atoms. The van der Waals surface area contributed by atoms with Gasteiger partial charge in [-0.3, -0.25) is 9.52 Å². The highest BCUT2D eigenvalue weighted by Crippen LogP contribution is 2.49. The Labute approximate surface area is 200 Å². The van der Waals surface area contributed by atoms with Crippen LogP contribution in [0, 0.1) is 11.7 Å². The fraction of sp³-hybridized carbons (Fsp3) is 0.120. The number of nitrogens with one attached hydrogen (secondary N) is 2. The summed E-state index contributed by atoms with van der Waals surface area (Å²) >= 11 is 6.25. The Morgan fingerprint density at radius 2 is 1.88 bits per heavy atom. The number of nitrogens with zero attached hydrogens (tertiary/aromatic N) is 1. The van der Waals surface area contributed by atoms with Crippen LogP contribution in [0.2, 0.25) is 5.02 Å². The summed E-state index contributed by atoms with van der Waals surface area (Å²) in [6, 6.07) is 19.6. The van der Waals surface area contributed by atoms with Crippen LogP contribution < -0.4 is 10.0 Å². The molecule has 172 valence electrons. The maximum atomic E-state index is 14.8. The van der Waals surface area contributed by atoms with Crippen molar-refractivity contribution in [3.05, 3.63) is 95.4 Å². The first-order valence-corrected chi connectivity index (χ1v) is 12.4. The van der Waals surface area contributed by atoms with Crippen molar-refractivity contribution in [2.45, 2.75) is 17.2 Å². The normalized spacial score (nSPS) is 17.4. The van der Waals surface area contributed by atoms with Crippen LogP contribution in [0.4, 0.5) is 15.9 Å². The highest BCUT2D eigenvalue weighted by Gasteiger charge is 2.45. The van der Waals surface area contributed by atoms with E-state index in [1.165, 1.54) is 24.4 Å². The van der Waals surface area contributed by atoms with E-state index in [0.29, 0.717) is 22.7 Å². The van der Waals surface area contributed by atoms with Gasteiger partial charge < -0.3 is 5.32 Å². The maximum absolute atomic E-state index is 14.8. The van der Waals surface area contributed by atoms with Gasteiger partial charge in [0.25, 0.3) is 10.0 Å². The molecule has 4 aromatic rings. The van der Waals surface area contributed by atoms with E-state index in [2.05, 4.69) is 15.0 Å². The van der Waals surface area contributed by atoms with Crippen LogP contribution in [0.1, 0.15) is 17.9 Å². The Morgan fingerprint density at radius 3 is 2.65 bits per heavy atom. The van der Waals surface area contributed by atoms with Crippen LogP contribution in [0.5, 0.6) is 0 Å². The number of benzene rings is 3. The van der Waals surface area contributed by atoms with E-state index in [9.17, 15) is 17.6 Å². The average molecular weight is 496 g/mol. The third kappa shape index (κ3) is 4.47. The van der Waals surface area contributed by atoms with Gasteiger partial charge in [0.05, 0.1) is 4.90 Å². The maximum Gasteiger partial charge on any atom is 0.263 e. The number of sulfonamides is 1. The van der Waals surface area contributed by atoms with Crippen LogP contribution in [-0.2, 0) is 14.8 Å². The lowest BCUT2D eigenvalue weighted by Gasteiger charge is -2.10. The predicted molar refractivity (Wildman–Crippen MR) is 130 cm³/mol. The molecule has 5 rings (SSSR count). The van der Waals surface area contributed by atoms with Gasteiger partial charge in [-0.15, -0.1) is 0 Å². The molecule has 6 nitrogen and oxygen atoms in total. The summed E-state index contributed by atoms with van der Waals surface area (Å²) in [5.41, 5.74) is 0.928. The van der Waals surface area contributed by atoms with Crippen LogP contribution in [-0.4, -0.2) is 19.3 Å². The van der Waals surface area contributed by atoms with Crippen molar-refractivity contribution in [2.24, 2.45) is 5.92 Å². The highest BCUT2D eigenvalue weighted by molar-refractivity contribution is 7.92. The summed E-state index contributed by atoms with van der Waals surface area (Å²) in [7, 11) is -3.99. The first-order chi connectivity index (χ1) is 16.3. The molecule has 1 aromatic heterocycles. The summed E-state index contributed by atoms with van der Waals surface area (Å²) in [5.74, 6) is -1.46. The largest absolute Gasteiger partial charge is 0.326 e. The monoisotopic (exact) mass is 495 g/mol. The zero-order chi connectivity index (χ0) is 23.9. The molecular weight excluding hydrogens is 477 g/mol. The molecule has 2 N–H and O–H groups in total. The summed E-state index contributed by atoms with van der Waals surface area (Å²) < 4.78 is 42.3. The molecule has 1 amide bonds. The zero-order valence-corrected chi connectivity index (χ0v) is 19.3. The van der Waals surface area contributed by atoms with E-state index >= 15 is 0 Å². The molecule has 2 atom stereocenters. The van der Waals surface area contributed by atoms with Gasteiger partial charge in [0, 0.05) is 28.2 Å². The molecular formula is C25H19ClFN3O3S. The van der Waals surface area contributed by atoms with Crippen molar-refractivity contribution in [2.75, 3.05) is 10.0 Å². The Hall–Kier alpha value is -3.49. The number of carbonyl (C=O) groups excluding carboxylic acids is 1. The number of rotatable bonds is 6. The van der Waals surface area contributed by atoms with Crippen LogP contribution >= 0.6 is 11.6 Å². The molecule has 0 saturated heterocycles. The third-order valence-corrected chi connectivity index (χ3v) is 7.49. The highest BCUT2D eigenvalue weighted by atomic mass is 35.5. The van der Waals surface area contributed by atoms with Gasteiger partial charge in [-0.2, -0.15) is 0 Å². The first kappa shape index (κ1) is 22.3. The minimum Gasteiger partial charge on any atom is -0.326 e. The van der Waals surface area contributed by atoms with Gasteiger partial charge >= 0.3 is 0 Å². The lowest BCUT2D eigenvalue weighted by molar-refractivity contribution is -0.117. The molecule has 9 heteroatoms. The van der Waals surface area contributed by atoms with Crippen molar-refractivity contribution in [3.63, 3.8) is 0 Å². The molecule has 0 radical (unpaired) electrons. The summed E-state index contributed by atoms with van der Waals surface area (Å²) in [5, 5.41) is 5.26. The molecule has 0 spiro atoms. The number of anilines is 2. The van der Waals surface area contributed by atoms with Crippen molar-refractivity contribution in [1.82, 2.24) is 4.98 Å². The Morgan fingerprint density at radius 1 is 1.03 bits per heavy atom. The van der Waals surface area contributed by atoms with Gasteiger partial charge in [-0.05, 0) is 65.8 Å². The number of pyridine rings is 1. The fourth-order valence-corrected chi connectivity index (χ4v) is 5.23. The standard InChI is InChI=1S/C25H19ClFN3O3S/c26-22-5-3-4-15-7-8-16(12-19(15)22)29-25(31)21-14-20(21)18-10-9-17(13-23(18)27)34(32,33)30-24-6-1-2-11-28-24/h1-13,20-21H,14H2,(H,28,30)(H,29,31)/t20-,21+/m0/s1. The summed E-state index contributed by atoms with van der Waals surface area (Å²) in [6.07, 6.45) is 1.93. The second-order valence-electron chi connectivity index (χ2n) is 8.12.